The molecule has 0 spiro atoms. The van der Waals surface area contributed by atoms with E-state index in [1.54, 1.807) is 0 Å². The monoisotopic (exact) mass is 240 g/mol. The first-order valence-corrected chi connectivity index (χ1v) is 7.04. The summed E-state index contributed by atoms with van der Waals surface area (Å²) in [5, 5.41) is 0. The predicted molar refractivity (Wildman–Crippen MR) is 76.4 cm³/mol. The first-order chi connectivity index (χ1) is 7.53. The van der Waals surface area contributed by atoms with Gasteiger partial charge in [-0.25, -0.2) is 0 Å². The zero-order chi connectivity index (χ0) is 13.4. The van der Waals surface area contributed by atoms with Crippen molar-refractivity contribution in [2.75, 3.05) is 19.6 Å². The molecule has 0 N–H and O–H groups in total. The zero-order valence-corrected chi connectivity index (χ0v) is 13.2. The Morgan fingerprint density at radius 1 is 0.941 bits per heavy atom. The van der Waals surface area contributed by atoms with Crippen LogP contribution >= 0.6 is 0 Å². The highest BCUT2D eigenvalue weighted by atomic mass is 15.3. The van der Waals surface area contributed by atoms with E-state index in [9.17, 15) is 0 Å². The molecule has 2 heteroatoms. The van der Waals surface area contributed by atoms with Crippen LogP contribution in [0.4, 0.5) is 0 Å². The van der Waals surface area contributed by atoms with Gasteiger partial charge in [0, 0.05) is 37.3 Å². The van der Waals surface area contributed by atoms with E-state index in [-0.39, 0.29) is 0 Å². The van der Waals surface area contributed by atoms with E-state index in [0.717, 1.165) is 0 Å². The molecule has 1 rings (SSSR count). The van der Waals surface area contributed by atoms with Crippen LogP contribution in [0.3, 0.4) is 0 Å². The van der Waals surface area contributed by atoms with E-state index in [4.69, 9.17) is 0 Å². The Hall–Kier alpha value is -0.0800. The third kappa shape index (κ3) is 3.69. The Labute approximate surface area is 108 Å². The molecule has 0 radical (unpaired) electrons. The lowest BCUT2D eigenvalue weighted by molar-refractivity contribution is -0.0337. The molecule has 17 heavy (non-hydrogen) atoms. The van der Waals surface area contributed by atoms with Gasteiger partial charge in [-0.1, -0.05) is 20.8 Å². The molecule has 0 bridgehead atoms. The minimum absolute atomic E-state index is 0.298. The zero-order valence-electron chi connectivity index (χ0n) is 13.2. The van der Waals surface area contributed by atoms with Crippen molar-refractivity contribution in [2.24, 2.45) is 5.41 Å². The molecule has 0 saturated carbocycles. The molecule has 0 aromatic heterocycles. The molecular formula is C15H32N2. The maximum Gasteiger partial charge on any atom is 0.0275 e. The third-order valence-corrected chi connectivity index (χ3v) is 4.03. The third-order valence-electron chi connectivity index (χ3n) is 4.03. The van der Waals surface area contributed by atoms with Crippen molar-refractivity contribution in [3.63, 3.8) is 0 Å². The molecule has 0 aliphatic carbocycles. The molecule has 1 heterocycles. The smallest absolute Gasteiger partial charge is 0.0275 e. The largest absolute Gasteiger partial charge is 0.296 e. The molecule has 0 aromatic carbocycles. The highest BCUT2D eigenvalue weighted by molar-refractivity contribution is 4.94. The molecule has 2 nitrogen and oxygen atoms in total. The normalized spacial score (nSPS) is 25.6. The van der Waals surface area contributed by atoms with Crippen LogP contribution in [0.1, 0.15) is 55.4 Å². The van der Waals surface area contributed by atoms with Gasteiger partial charge in [0.2, 0.25) is 0 Å². The molecule has 102 valence electrons. The van der Waals surface area contributed by atoms with E-state index in [0.29, 0.717) is 23.0 Å². The summed E-state index contributed by atoms with van der Waals surface area (Å²) in [7, 11) is 0. The Kier molecular flexibility index (Phi) is 4.31. The first-order valence-electron chi connectivity index (χ1n) is 7.04. The topological polar surface area (TPSA) is 6.48 Å². The number of piperazine rings is 1. The quantitative estimate of drug-likeness (QED) is 0.694. The van der Waals surface area contributed by atoms with Crippen molar-refractivity contribution >= 4 is 0 Å². The maximum atomic E-state index is 2.68. The van der Waals surface area contributed by atoms with Crippen molar-refractivity contribution in [1.82, 2.24) is 9.80 Å². The van der Waals surface area contributed by atoms with Gasteiger partial charge < -0.3 is 0 Å². The van der Waals surface area contributed by atoms with Gasteiger partial charge in [0.25, 0.3) is 0 Å². The predicted octanol–water partition coefficient (Wildman–Crippen LogP) is 3.23. The summed E-state index contributed by atoms with van der Waals surface area (Å²) in [5.74, 6) is 0. The van der Waals surface area contributed by atoms with Crippen molar-refractivity contribution in [1.29, 1.82) is 0 Å². The average molecular weight is 240 g/mol. The molecule has 0 unspecified atom stereocenters. The Bertz CT molecular complexity index is 245. The lowest BCUT2D eigenvalue weighted by Crippen LogP contribution is -2.63. The summed E-state index contributed by atoms with van der Waals surface area (Å²) in [6.07, 6.45) is 0. The van der Waals surface area contributed by atoms with Gasteiger partial charge in [0.15, 0.2) is 0 Å². The highest BCUT2D eigenvalue weighted by Gasteiger charge is 2.38. The maximum absolute atomic E-state index is 2.68. The van der Waals surface area contributed by atoms with Crippen LogP contribution in [0, 0.1) is 5.41 Å². The Morgan fingerprint density at radius 2 is 1.47 bits per heavy atom. The summed E-state index contributed by atoms with van der Waals surface area (Å²) < 4.78 is 0. The second-order valence-corrected chi connectivity index (χ2v) is 7.83. The standard InChI is InChI=1S/C15H32N2/c1-12(2)17-10-9-16(15(6,7)8)11-13(17)14(3,4)5/h12-13H,9-11H2,1-8H3/t13-/m0/s1. The van der Waals surface area contributed by atoms with Crippen LogP contribution in [-0.2, 0) is 0 Å². The molecule has 1 aliphatic rings. The molecule has 1 fully saturated rings. The summed E-state index contributed by atoms with van der Waals surface area (Å²) in [5.41, 5.74) is 0.654. The summed E-state index contributed by atoms with van der Waals surface area (Å²) >= 11 is 0. The van der Waals surface area contributed by atoms with Gasteiger partial charge in [-0.3, -0.25) is 9.80 Å². The Balaban J connectivity index is 2.85. The van der Waals surface area contributed by atoms with Gasteiger partial charge in [0.1, 0.15) is 0 Å². The van der Waals surface area contributed by atoms with Crippen molar-refractivity contribution in [2.45, 2.75) is 73.0 Å². The lowest BCUT2D eigenvalue weighted by atomic mass is 9.82. The van der Waals surface area contributed by atoms with Crippen LogP contribution in [0.5, 0.6) is 0 Å². The van der Waals surface area contributed by atoms with Gasteiger partial charge in [-0.15, -0.1) is 0 Å². The highest BCUT2D eigenvalue weighted by Crippen LogP contribution is 2.31. The molecule has 1 saturated heterocycles. The molecular weight excluding hydrogens is 208 g/mol. The molecule has 0 aromatic rings. The van der Waals surface area contributed by atoms with Crippen LogP contribution in [0.15, 0.2) is 0 Å². The fraction of sp³-hybridized carbons (Fsp3) is 1.00. The van der Waals surface area contributed by atoms with Crippen molar-refractivity contribution < 1.29 is 0 Å². The van der Waals surface area contributed by atoms with Gasteiger partial charge in [0.05, 0.1) is 0 Å². The summed E-state index contributed by atoms with van der Waals surface area (Å²) in [6.45, 7) is 22.4. The number of nitrogens with zero attached hydrogens (tertiary/aromatic N) is 2. The summed E-state index contributed by atoms with van der Waals surface area (Å²) in [4.78, 5) is 5.32. The molecule has 0 amide bonds. The average Bonchev–Trinajstić information content (AvgIpc) is 2.14. The molecule has 1 atom stereocenters. The second-order valence-electron chi connectivity index (χ2n) is 7.83. The fourth-order valence-corrected chi connectivity index (χ4v) is 2.80. The van der Waals surface area contributed by atoms with Crippen LogP contribution in [0.2, 0.25) is 0 Å². The second kappa shape index (κ2) is 4.89. The SMILES string of the molecule is CC(C)N1CCN(C(C)(C)C)C[C@H]1C(C)(C)C. The minimum Gasteiger partial charge on any atom is -0.296 e. The van der Waals surface area contributed by atoms with Crippen molar-refractivity contribution in [3.05, 3.63) is 0 Å². The van der Waals surface area contributed by atoms with Gasteiger partial charge in [-0.05, 0) is 40.0 Å². The van der Waals surface area contributed by atoms with E-state index < -0.39 is 0 Å². The first kappa shape index (κ1) is 15.0. The minimum atomic E-state index is 0.298. The number of hydrogen-bond donors (Lipinski definition) is 0. The van der Waals surface area contributed by atoms with Crippen LogP contribution in [0.25, 0.3) is 0 Å². The van der Waals surface area contributed by atoms with Crippen LogP contribution < -0.4 is 0 Å². The fourth-order valence-electron chi connectivity index (χ4n) is 2.80. The van der Waals surface area contributed by atoms with Gasteiger partial charge >= 0.3 is 0 Å². The Morgan fingerprint density at radius 3 is 1.82 bits per heavy atom. The lowest BCUT2D eigenvalue weighted by Gasteiger charge is -2.52. The van der Waals surface area contributed by atoms with E-state index >= 15 is 0 Å². The number of hydrogen-bond acceptors (Lipinski definition) is 2. The van der Waals surface area contributed by atoms with E-state index in [1.165, 1.54) is 19.6 Å². The van der Waals surface area contributed by atoms with E-state index in [1.807, 2.05) is 0 Å². The van der Waals surface area contributed by atoms with E-state index in [2.05, 4.69) is 65.2 Å². The van der Waals surface area contributed by atoms with Gasteiger partial charge in [-0.2, -0.15) is 0 Å². The van der Waals surface area contributed by atoms with Crippen molar-refractivity contribution in [3.8, 4) is 0 Å². The number of rotatable bonds is 1. The van der Waals surface area contributed by atoms with Crippen LogP contribution in [-0.4, -0.2) is 47.1 Å². The molecule has 1 aliphatic heterocycles. The summed E-state index contributed by atoms with van der Waals surface area (Å²) in [6, 6.07) is 1.32.